The summed E-state index contributed by atoms with van der Waals surface area (Å²) in [6.45, 7) is 3.74. The second-order valence-corrected chi connectivity index (χ2v) is 4.36. The molecule has 0 amide bonds. The summed E-state index contributed by atoms with van der Waals surface area (Å²) in [6, 6.07) is 0. The smallest absolute Gasteiger partial charge is 0.133 e. The maximum atomic E-state index is 11.4. The van der Waals surface area contributed by atoms with Crippen molar-refractivity contribution in [1.82, 2.24) is 0 Å². The SMILES string of the molecule is C=C=C1CCCC12CCCC(=O)C2. The minimum Gasteiger partial charge on any atom is -0.300 e. The summed E-state index contributed by atoms with van der Waals surface area (Å²) in [5.74, 6) is 0.445. The Hall–Kier alpha value is -0.810. The molecule has 1 nitrogen and oxygen atoms in total. The summed E-state index contributed by atoms with van der Waals surface area (Å²) in [7, 11) is 0. The Balaban J connectivity index is 2.27. The number of carbonyl (C=O) groups is 1. The molecular weight excluding hydrogens is 160 g/mol. The van der Waals surface area contributed by atoms with Crippen LogP contribution < -0.4 is 0 Å². The molecule has 2 saturated carbocycles. The van der Waals surface area contributed by atoms with Crippen molar-refractivity contribution in [3.05, 3.63) is 17.9 Å². The van der Waals surface area contributed by atoms with Crippen molar-refractivity contribution in [1.29, 1.82) is 0 Å². The minimum absolute atomic E-state index is 0.205. The fourth-order valence-corrected chi connectivity index (χ4v) is 2.94. The topological polar surface area (TPSA) is 17.1 Å². The normalized spacial score (nSPS) is 33.8. The number of carbonyl (C=O) groups excluding carboxylic acids is 1. The third kappa shape index (κ3) is 1.38. The van der Waals surface area contributed by atoms with E-state index in [-0.39, 0.29) is 5.41 Å². The summed E-state index contributed by atoms with van der Waals surface area (Å²) in [6.07, 6.45) is 7.37. The molecule has 2 fully saturated rings. The molecule has 1 unspecified atom stereocenters. The summed E-state index contributed by atoms with van der Waals surface area (Å²) in [5.41, 5.74) is 4.60. The molecule has 0 aromatic carbocycles. The van der Waals surface area contributed by atoms with Crippen LogP contribution in [0.1, 0.15) is 44.9 Å². The third-order valence-corrected chi connectivity index (χ3v) is 3.58. The molecule has 0 aromatic rings. The van der Waals surface area contributed by atoms with E-state index in [2.05, 4.69) is 12.3 Å². The zero-order chi connectivity index (χ0) is 9.31. The maximum Gasteiger partial charge on any atom is 0.133 e. The van der Waals surface area contributed by atoms with Crippen molar-refractivity contribution in [2.75, 3.05) is 0 Å². The molecule has 0 N–H and O–H groups in total. The first-order chi connectivity index (χ1) is 6.27. The van der Waals surface area contributed by atoms with Crippen LogP contribution in [0.15, 0.2) is 17.9 Å². The van der Waals surface area contributed by atoms with Crippen molar-refractivity contribution in [3.8, 4) is 0 Å². The highest BCUT2D eigenvalue weighted by molar-refractivity contribution is 5.80. The van der Waals surface area contributed by atoms with Gasteiger partial charge in [-0.05, 0) is 37.7 Å². The van der Waals surface area contributed by atoms with Crippen LogP contribution in [0, 0.1) is 5.41 Å². The number of rotatable bonds is 0. The van der Waals surface area contributed by atoms with Crippen molar-refractivity contribution >= 4 is 5.78 Å². The Labute approximate surface area is 79.5 Å². The number of ketones is 1. The van der Waals surface area contributed by atoms with Crippen LogP contribution >= 0.6 is 0 Å². The number of allylic oxidation sites excluding steroid dienone is 1. The molecular formula is C12H16O. The first-order valence-corrected chi connectivity index (χ1v) is 5.18. The average Bonchev–Trinajstić information content (AvgIpc) is 2.47. The van der Waals surface area contributed by atoms with E-state index in [1.807, 2.05) is 0 Å². The largest absolute Gasteiger partial charge is 0.300 e. The lowest BCUT2D eigenvalue weighted by molar-refractivity contribution is -0.122. The van der Waals surface area contributed by atoms with Gasteiger partial charge in [0.25, 0.3) is 0 Å². The number of Topliss-reactive ketones (excluding diaryl/α,β-unsaturated/α-hetero) is 1. The third-order valence-electron chi connectivity index (χ3n) is 3.58. The van der Waals surface area contributed by atoms with Gasteiger partial charge in [-0.1, -0.05) is 6.58 Å². The lowest BCUT2D eigenvalue weighted by Crippen LogP contribution is -2.27. The van der Waals surface area contributed by atoms with Crippen LogP contribution in [0.25, 0.3) is 0 Å². The van der Waals surface area contributed by atoms with Crippen LogP contribution in [0.5, 0.6) is 0 Å². The zero-order valence-electron chi connectivity index (χ0n) is 8.07. The van der Waals surface area contributed by atoms with E-state index in [0.29, 0.717) is 5.78 Å². The van der Waals surface area contributed by atoms with Crippen LogP contribution in [0.4, 0.5) is 0 Å². The van der Waals surface area contributed by atoms with Crippen molar-refractivity contribution in [2.24, 2.45) is 5.41 Å². The fraction of sp³-hybridized carbons (Fsp3) is 0.667. The van der Waals surface area contributed by atoms with Crippen molar-refractivity contribution in [3.63, 3.8) is 0 Å². The molecule has 0 saturated heterocycles. The van der Waals surface area contributed by atoms with Gasteiger partial charge in [0, 0.05) is 18.3 Å². The van der Waals surface area contributed by atoms with Gasteiger partial charge in [0.05, 0.1) is 0 Å². The van der Waals surface area contributed by atoms with Gasteiger partial charge < -0.3 is 0 Å². The van der Waals surface area contributed by atoms with Gasteiger partial charge >= 0.3 is 0 Å². The quantitative estimate of drug-likeness (QED) is 0.518. The predicted octanol–water partition coefficient (Wildman–Crippen LogP) is 3.01. The van der Waals surface area contributed by atoms with Crippen molar-refractivity contribution in [2.45, 2.75) is 44.9 Å². The second kappa shape index (κ2) is 3.16. The maximum absolute atomic E-state index is 11.4. The summed E-state index contributed by atoms with van der Waals surface area (Å²) < 4.78 is 0. The molecule has 0 aliphatic heterocycles. The molecule has 0 heterocycles. The molecule has 0 bridgehead atoms. The zero-order valence-corrected chi connectivity index (χ0v) is 8.07. The Morgan fingerprint density at radius 2 is 1.92 bits per heavy atom. The molecule has 70 valence electrons. The Bertz CT molecular complexity index is 283. The second-order valence-electron chi connectivity index (χ2n) is 4.36. The van der Waals surface area contributed by atoms with Crippen LogP contribution in [0.3, 0.4) is 0 Å². The molecule has 1 atom stereocenters. The van der Waals surface area contributed by atoms with Gasteiger partial charge in [-0.2, -0.15) is 0 Å². The first kappa shape index (κ1) is 8.77. The van der Waals surface area contributed by atoms with E-state index in [1.165, 1.54) is 24.8 Å². The van der Waals surface area contributed by atoms with Crippen LogP contribution in [0.2, 0.25) is 0 Å². The predicted molar refractivity (Wildman–Crippen MR) is 52.4 cm³/mol. The number of hydrogen-bond acceptors (Lipinski definition) is 1. The molecule has 2 rings (SSSR count). The van der Waals surface area contributed by atoms with E-state index >= 15 is 0 Å². The lowest BCUT2D eigenvalue weighted by Gasteiger charge is -2.33. The standard InChI is InChI=1S/C12H16O/c1-2-10-5-3-7-12(10)8-4-6-11(13)9-12/h1,3-9H2. The van der Waals surface area contributed by atoms with Crippen LogP contribution in [-0.4, -0.2) is 5.78 Å². The van der Waals surface area contributed by atoms with E-state index in [4.69, 9.17) is 0 Å². The monoisotopic (exact) mass is 176 g/mol. The number of hydrogen-bond donors (Lipinski definition) is 0. The highest BCUT2D eigenvalue weighted by Crippen LogP contribution is 2.51. The first-order valence-electron chi connectivity index (χ1n) is 5.18. The molecule has 13 heavy (non-hydrogen) atoms. The fourth-order valence-electron chi connectivity index (χ4n) is 2.94. The summed E-state index contributed by atoms with van der Waals surface area (Å²) in [5, 5.41) is 0. The molecule has 2 aliphatic rings. The van der Waals surface area contributed by atoms with Gasteiger partial charge in [-0.3, -0.25) is 4.79 Å². The highest BCUT2D eigenvalue weighted by atomic mass is 16.1. The van der Waals surface area contributed by atoms with Gasteiger partial charge in [-0.15, -0.1) is 5.73 Å². The Morgan fingerprint density at radius 3 is 2.54 bits per heavy atom. The molecule has 1 heteroatoms. The highest BCUT2D eigenvalue weighted by Gasteiger charge is 2.41. The molecule has 2 aliphatic carbocycles. The van der Waals surface area contributed by atoms with E-state index in [0.717, 1.165) is 25.7 Å². The minimum atomic E-state index is 0.205. The van der Waals surface area contributed by atoms with Crippen LogP contribution in [-0.2, 0) is 4.79 Å². The van der Waals surface area contributed by atoms with Gasteiger partial charge in [-0.25, -0.2) is 0 Å². The summed E-state index contributed by atoms with van der Waals surface area (Å²) >= 11 is 0. The van der Waals surface area contributed by atoms with Crippen molar-refractivity contribution < 1.29 is 4.79 Å². The molecule has 0 radical (unpaired) electrons. The molecule has 1 spiro atoms. The van der Waals surface area contributed by atoms with Gasteiger partial charge in [0.2, 0.25) is 0 Å². The van der Waals surface area contributed by atoms with E-state index < -0.39 is 0 Å². The van der Waals surface area contributed by atoms with E-state index in [9.17, 15) is 4.79 Å². The molecule has 0 aromatic heterocycles. The Kier molecular flexibility index (Phi) is 2.13. The van der Waals surface area contributed by atoms with E-state index in [1.54, 1.807) is 0 Å². The lowest BCUT2D eigenvalue weighted by atomic mass is 9.70. The van der Waals surface area contributed by atoms with Gasteiger partial charge in [0.1, 0.15) is 5.78 Å². The Morgan fingerprint density at radius 1 is 1.23 bits per heavy atom. The average molecular weight is 176 g/mol. The summed E-state index contributed by atoms with van der Waals surface area (Å²) in [4.78, 5) is 11.4. The van der Waals surface area contributed by atoms with Gasteiger partial charge in [0.15, 0.2) is 0 Å².